The van der Waals surface area contributed by atoms with Gasteiger partial charge in [0, 0.05) is 5.56 Å². The number of rotatable bonds is 4. The monoisotopic (exact) mass is 245 g/mol. The van der Waals surface area contributed by atoms with Gasteiger partial charge < -0.3 is 15.9 Å². The first-order valence-corrected chi connectivity index (χ1v) is 5.39. The van der Waals surface area contributed by atoms with E-state index in [1.54, 1.807) is 6.07 Å². The molecule has 5 heteroatoms. The molecule has 17 heavy (non-hydrogen) atoms. The number of nitrogens with two attached hydrogens (primary N) is 1. The van der Waals surface area contributed by atoms with E-state index in [9.17, 15) is 13.9 Å². The zero-order valence-electron chi connectivity index (χ0n) is 9.82. The number of phenolic OH excluding ortho intramolecular Hbond substituents is 1. The molecule has 0 aliphatic heterocycles. The molecule has 3 nitrogen and oxygen atoms in total. The number of phenols is 1. The molecule has 0 saturated heterocycles. The van der Waals surface area contributed by atoms with Gasteiger partial charge in [-0.3, -0.25) is 0 Å². The minimum Gasteiger partial charge on any atom is -0.507 e. The minimum absolute atomic E-state index is 0.0396. The van der Waals surface area contributed by atoms with Gasteiger partial charge in [-0.1, -0.05) is 19.9 Å². The van der Waals surface area contributed by atoms with Crippen molar-refractivity contribution >= 4 is 0 Å². The molecule has 0 bridgehead atoms. The van der Waals surface area contributed by atoms with Gasteiger partial charge in [0.1, 0.15) is 5.75 Å². The normalized spacial score (nSPS) is 13.4. The van der Waals surface area contributed by atoms with E-state index in [1.165, 1.54) is 6.07 Å². The van der Waals surface area contributed by atoms with E-state index in [-0.39, 0.29) is 11.5 Å². The second kappa shape index (κ2) is 5.42. The van der Waals surface area contributed by atoms with Crippen LogP contribution < -0.4 is 5.73 Å². The number of aliphatic hydroxyl groups excluding tert-OH is 1. The van der Waals surface area contributed by atoms with Crippen LogP contribution in [0.3, 0.4) is 0 Å². The largest absolute Gasteiger partial charge is 0.507 e. The number of aliphatic hydroxyl groups is 1. The van der Waals surface area contributed by atoms with Crippen LogP contribution in [0.2, 0.25) is 0 Å². The van der Waals surface area contributed by atoms with Gasteiger partial charge in [-0.05, 0) is 17.5 Å². The fourth-order valence-electron chi connectivity index (χ4n) is 1.58. The summed E-state index contributed by atoms with van der Waals surface area (Å²) in [6.45, 7) is 3.31. The Labute approximate surface area is 98.9 Å². The third kappa shape index (κ3) is 2.92. The van der Waals surface area contributed by atoms with Gasteiger partial charge in [-0.2, -0.15) is 0 Å². The van der Waals surface area contributed by atoms with Crippen molar-refractivity contribution in [3.63, 3.8) is 0 Å². The molecular weight excluding hydrogens is 228 g/mol. The lowest BCUT2D eigenvalue weighted by Crippen LogP contribution is -2.15. The van der Waals surface area contributed by atoms with Crippen LogP contribution in [0.25, 0.3) is 0 Å². The maximum atomic E-state index is 12.8. The molecule has 0 radical (unpaired) electrons. The van der Waals surface area contributed by atoms with Gasteiger partial charge in [0.25, 0.3) is 6.43 Å². The molecule has 1 aromatic carbocycles. The fourth-order valence-corrected chi connectivity index (χ4v) is 1.58. The van der Waals surface area contributed by atoms with Crippen LogP contribution in [0, 0.1) is 0 Å². The molecule has 0 saturated carbocycles. The third-order valence-corrected chi connectivity index (χ3v) is 2.69. The molecule has 0 amide bonds. The summed E-state index contributed by atoms with van der Waals surface area (Å²) in [6.07, 6.45) is -2.77. The first-order valence-electron chi connectivity index (χ1n) is 5.39. The number of hydrogen-bond acceptors (Lipinski definition) is 3. The Hall–Kier alpha value is -1.20. The molecule has 1 aromatic rings. The predicted molar refractivity (Wildman–Crippen MR) is 61.2 cm³/mol. The Kier molecular flexibility index (Phi) is 4.42. The molecule has 1 rings (SSSR count). The van der Waals surface area contributed by atoms with E-state index >= 15 is 0 Å². The number of benzene rings is 1. The third-order valence-electron chi connectivity index (χ3n) is 2.69. The van der Waals surface area contributed by atoms with Crippen LogP contribution in [-0.2, 0) is 0 Å². The van der Waals surface area contributed by atoms with Gasteiger partial charge in [0.15, 0.2) is 0 Å². The molecule has 0 aromatic heterocycles. The van der Waals surface area contributed by atoms with Crippen LogP contribution in [0.1, 0.15) is 48.9 Å². The van der Waals surface area contributed by atoms with Crippen molar-refractivity contribution in [1.29, 1.82) is 0 Å². The second-order valence-electron chi connectivity index (χ2n) is 4.29. The summed E-state index contributed by atoms with van der Waals surface area (Å²) in [4.78, 5) is 0. The summed E-state index contributed by atoms with van der Waals surface area (Å²) < 4.78 is 25.5. The van der Waals surface area contributed by atoms with Crippen molar-refractivity contribution in [3.8, 4) is 5.75 Å². The van der Waals surface area contributed by atoms with Crippen LogP contribution in [-0.4, -0.2) is 16.8 Å². The molecule has 0 spiro atoms. The fraction of sp³-hybridized carbons (Fsp3) is 0.500. The summed E-state index contributed by atoms with van der Waals surface area (Å²) in [5, 5.41) is 18.6. The van der Waals surface area contributed by atoms with Crippen LogP contribution in [0.4, 0.5) is 8.78 Å². The van der Waals surface area contributed by atoms with Gasteiger partial charge in [-0.25, -0.2) is 8.78 Å². The van der Waals surface area contributed by atoms with E-state index in [2.05, 4.69) is 0 Å². The zero-order valence-corrected chi connectivity index (χ0v) is 9.82. The van der Waals surface area contributed by atoms with Crippen molar-refractivity contribution in [3.05, 3.63) is 28.8 Å². The maximum absolute atomic E-state index is 12.8. The highest BCUT2D eigenvalue weighted by atomic mass is 19.3. The first-order chi connectivity index (χ1) is 7.88. The summed E-state index contributed by atoms with van der Waals surface area (Å²) in [5.74, 6) is -0.483. The lowest BCUT2D eigenvalue weighted by molar-refractivity contribution is 0.147. The summed E-state index contributed by atoms with van der Waals surface area (Å²) in [7, 11) is 0. The molecule has 1 atom stereocenters. The molecule has 96 valence electrons. The van der Waals surface area contributed by atoms with E-state index in [0.29, 0.717) is 5.56 Å². The van der Waals surface area contributed by atoms with Gasteiger partial charge in [0.05, 0.1) is 18.2 Å². The van der Waals surface area contributed by atoms with Crippen molar-refractivity contribution in [1.82, 2.24) is 0 Å². The Bertz CT molecular complexity index is 394. The van der Waals surface area contributed by atoms with Crippen LogP contribution >= 0.6 is 0 Å². The maximum Gasteiger partial charge on any atom is 0.267 e. The lowest BCUT2D eigenvalue weighted by atomic mass is 9.94. The molecule has 0 heterocycles. The Balaban J connectivity index is 3.37. The summed E-state index contributed by atoms with van der Waals surface area (Å²) in [6, 6.07) is 1.98. The smallest absolute Gasteiger partial charge is 0.267 e. The summed E-state index contributed by atoms with van der Waals surface area (Å²) in [5.41, 5.74) is 5.97. The molecular formula is C12H17F2NO2. The highest BCUT2D eigenvalue weighted by molar-refractivity contribution is 5.46. The Morgan fingerprint density at radius 1 is 1.24 bits per heavy atom. The quantitative estimate of drug-likeness (QED) is 0.763. The minimum atomic E-state index is -2.77. The van der Waals surface area contributed by atoms with Gasteiger partial charge in [-0.15, -0.1) is 0 Å². The molecule has 1 unspecified atom stereocenters. The number of hydrogen-bond donors (Lipinski definition) is 3. The van der Waals surface area contributed by atoms with Crippen molar-refractivity contribution in [2.24, 2.45) is 5.73 Å². The van der Waals surface area contributed by atoms with E-state index in [4.69, 9.17) is 10.8 Å². The van der Waals surface area contributed by atoms with E-state index in [1.807, 2.05) is 13.8 Å². The van der Waals surface area contributed by atoms with Gasteiger partial charge >= 0.3 is 0 Å². The van der Waals surface area contributed by atoms with Crippen molar-refractivity contribution in [2.45, 2.75) is 32.2 Å². The highest BCUT2D eigenvalue weighted by Gasteiger charge is 2.21. The number of halogens is 2. The summed E-state index contributed by atoms with van der Waals surface area (Å²) >= 11 is 0. The SMILES string of the molecule is CC(C)c1cc(C(F)F)c(O)c(C(N)CO)c1. The zero-order chi connectivity index (χ0) is 13.2. The van der Waals surface area contributed by atoms with E-state index in [0.717, 1.165) is 0 Å². The van der Waals surface area contributed by atoms with Crippen molar-refractivity contribution < 1.29 is 19.0 Å². The average Bonchev–Trinajstić information content (AvgIpc) is 2.27. The van der Waals surface area contributed by atoms with Crippen LogP contribution in [0.15, 0.2) is 12.1 Å². The average molecular weight is 245 g/mol. The number of aromatic hydroxyl groups is 1. The van der Waals surface area contributed by atoms with E-state index < -0.39 is 30.4 Å². The van der Waals surface area contributed by atoms with Crippen LogP contribution in [0.5, 0.6) is 5.75 Å². The Morgan fingerprint density at radius 2 is 1.76 bits per heavy atom. The number of alkyl halides is 2. The van der Waals surface area contributed by atoms with Crippen molar-refractivity contribution in [2.75, 3.05) is 6.61 Å². The lowest BCUT2D eigenvalue weighted by Gasteiger charge is -2.17. The molecule has 4 N–H and O–H groups in total. The molecule has 0 aliphatic carbocycles. The highest BCUT2D eigenvalue weighted by Crippen LogP contribution is 2.36. The molecule has 0 aliphatic rings. The van der Waals surface area contributed by atoms with Gasteiger partial charge in [0.2, 0.25) is 0 Å². The first kappa shape index (κ1) is 13.9. The predicted octanol–water partition coefficient (Wildman–Crippen LogP) is 2.45. The molecule has 0 fully saturated rings. The standard InChI is InChI=1S/C12H17F2NO2/c1-6(2)7-3-8(10(15)5-16)11(17)9(4-7)12(13)14/h3-4,6,10,12,16-17H,5,15H2,1-2H3. The second-order valence-corrected chi connectivity index (χ2v) is 4.29. The topological polar surface area (TPSA) is 66.5 Å². The Morgan fingerprint density at radius 3 is 2.18 bits per heavy atom.